The van der Waals surface area contributed by atoms with E-state index < -0.39 is 10.0 Å². The minimum atomic E-state index is -3.57. The van der Waals surface area contributed by atoms with E-state index in [0.29, 0.717) is 17.1 Å². The monoisotopic (exact) mass is 297 g/mol. The van der Waals surface area contributed by atoms with Crippen molar-refractivity contribution in [2.75, 3.05) is 12.3 Å². The second-order valence-corrected chi connectivity index (χ2v) is 6.74. The summed E-state index contributed by atoms with van der Waals surface area (Å²) in [6, 6.07) is 4.80. The number of nitrogens with zero attached hydrogens (tertiary/aromatic N) is 3. The molecule has 0 aliphatic carbocycles. The molecule has 0 aliphatic rings. The van der Waals surface area contributed by atoms with Gasteiger partial charge in [-0.15, -0.1) is 11.3 Å². The van der Waals surface area contributed by atoms with Crippen LogP contribution >= 0.6 is 11.3 Å². The third kappa shape index (κ3) is 3.31. The number of nitrogen functional groups attached to an aromatic ring is 1. The van der Waals surface area contributed by atoms with Gasteiger partial charge in [0.15, 0.2) is 0 Å². The van der Waals surface area contributed by atoms with Gasteiger partial charge in [0.05, 0.1) is 18.4 Å². The second kappa shape index (κ2) is 5.40. The zero-order valence-electron chi connectivity index (χ0n) is 9.78. The average Bonchev–Trinajstić information content (AvgIpc) is 2.98. The molecule has 2 aromatic rings. The quantitative estimate of drug-likeness (QED) is 0.828. The molecule has 0 saturated carbocycles. The van der Waals surface area contributed by atoms with E-state index in [4.69, 9.17) is 11.0 Å². The minimum Gasteiger partial charge on any atom is -0.396 e. The summed E-state index contributed by atoms with van der Waals surface area (Å²) in [6.45, 7) is 0.580. The van der Waals surface area contributed by atoms with E-state index in [1.165, 1.54) is 18.3 Å². The van der Waals surface area contributed by atoms with Crippen LogP contribution in [-0.4, -0.2) is 24.7 Å². The number of anilines is 1. The Hall–Kier alpha value is -1.89. The molecule has 0 saturated heterocycles. The highest BCUT2D eigenvalue weighted by Crippen LogP contribution is 2.20. The SMILES string of the molecule is N#Cc1ccc(S(=O)(=O)NCCn2cc(N)cn2)s1. The topological polar surface area (TPSA) is 114 Å². The number of nitrogens with two attached hydrogens (primary N) is 1. The third-order valence-electron chi connectivity index (χ3n) is 2.24. The highest BCUT2D eigenvalue weighted by molar-refractivity contribution is 7.91. The summed E-state index contributed by atoms with van der Waals surface area (Å²) in [4.78, 5) is 0.361. The molecule has 19 heavy (non-hydrogen) atoms. The zero-order valence-corrected chi connectivity index (χ0v) is 11.4. The molecular weight excluding hydrogens is 286 g/mol. The molecular formula is C10H11N5O2S2. The number of aromatic nitrogens is 2. The van der Waals surface area contributed by atoms with E-state index in [1.807, 2.05) is 6.07 Å². The van der Waals surface area contributed by atoms with Crippen molar-refractivity contribution < 1.29 is 8.42 Å². The molecule has 0 atom stereocenters. The van der Waals surface area contributed by atoms with Gasteiger partial charge in [-0.05, 0) is 12.1 Å². The Labute approximate surface area is 114 Å². The summed E-state index contributed by atoms with van der Waals surface area (Å²) in [5.74, 6) is 0. The standard InChI is InChI=1S/C10H11N5O2S2/c11-5-9-1-2-10(18-9)19(16,17)14-3-4-15-7-8(12)6-13-15/h1-2,6-7,14H,3-4,12H2. The Morgan fingerprint density at radius 1 is 1.53 bits per heavy atom. The van der Waals surface area contributed by atoms with Crippen molar-refractivity contribution in [3.63, 3.8) is 0 Å². The first-order valence-corrected chi connectivity index (χ1v) is 7.59. The highest BCUT2D eigenvalue weighted by Gasteiger charge is 2.16. The normalized spacial score (nSPS) is 11.3. The van der Waals surface area contributed by atoms with Gasteiger partial charge in [-0.1, -0.05) is 0 Å². The molecule has 0 bridgehead atoms. The van der Waals surface area contributed by atoms with Crippen molar-refractivity contribution in [2.45, 2.75) is 10.8 Å². The number of sulfonamides is 1. The molecule has 0 unspecified atom stereocenters. The molecule has 0 aromatic carbocycles. The predicted molar refractivity (Wildman–Crippen MR) is 70.9 cm³/mol. The Balaban J connectivity index is 1.96. The second-order valence-electron chi connectivity index (χ2n) is 3.67. The van der Waals surface area contributed by atoms with Crippen molar-refractivity contribution in [3.8, 4) is 6.07 Å². The summed E-state index contributed by atoms with van der Waals surface area (Å²) in [6.07, 6.45) is 3.11. The first-order chi connectivity index (χ1) is 9.01. The number of rotatable bonds is 5. The van der Waals surface area contributed by atoms with E-state index in [9.17, 15) is 8.42 Å². The zero-order chi connectivity index (χ0) is 13.9. The van der Waals surface area contributed by atoms with Crippen LogP contribution in [0.5, 0.6) is 0 Å². The predicted octanol–water partition coefficient (Wildman–Crippen LogP) is 0.377. The summed E-state index contributed by atoms with van der Waals surface area (Å²) in [5, 5.41) is 12.6. The van der Waals surface area contributed by atoms with Crippen LogP contribution in [0.25, 0.3) is 0 Å². The molecule has 0 radical (unpaired) electrons. The smallest absolute Gasteiger partial charge is 0.250 e. The van der Waals surface area contributed by atoms with Crippen LogP contribution in [-0.2, 0) is 16.6 Å². The van der Waals surface area contributed by atoms with Crippen molar-refractivity contribution in [1.82, 2.24) is 14.5 Å². The molecule has 3 N–H and O–H groups in total. The molecule has 2 heterocycles. The Morgan fingerprint density at radius 2 is 2.32 bits per heavy atom. The van der Waals surface area contributed by atoms with Crippen LogP contribution in [0.1, 0.15) is 4.88 Å². The maximum Gasteiger partial charge on any atom is 0.250 e. The van der Waals surface area contributed by atoms with Gasteiger partial charge in [0.25, 0.3) is 0 Å². The summed E-state index contributed by atoms with van der Waals surface area (Å²) >= 11 is 0.936. The van der Waals surface area contributed by atoms with Gasteiger partial charge < -0.3 is 5.73 Å². The summed E-state index contributed by atoms with van der Waals surface area (Å²) < 4.78 is 27.9. The Morgan fingerprint density at radius 3 is 2.89 bits per heavy atom. The van der Waals surface area contributed by atoms with E-state index in [-0.39, 0.29) is 10.8 Å². The van der Waals surface area contributed by atoms with E-state index in [2.05, 4.69) is 9.82 Å². The lowest BCUT2D eigenvalue weighted by molar-refractivity contribution is 0.562. The van der Waals surface area contributed by atoms with Gasteiger partial charge in [-0.2, -0.15) is 10.4 Å². The summed E-state index contributed by atoms with van der Waals surface area (Å²) in [5.41, 5.74) is 6.02. The van der Waals surface area contributed by atoms with Crippen LogP contribution in [0, 0.1) is 11.3 Å². The molecule has 0 aliphatic heterocycles. The lowest BCUT2D eigenvalue weighted by atomic mass is 10.5. The largest absolute Gasteiger partial charge is 0.396 e. The lowest BCUT2D eigenvalue weighted by Gasteiger charge is -2.04. The van der Waals surface area contributed by atoms with E-state index in [0.717, 1.165) is 11.3 Å². The molecule has 0 fully saturated rings. The molecule has 0 amide bonds. The van der Waals surface area contributed by atoms with Crippen LogP contribution in [0.4, 0.5) is 5.69 Å². The third-order valence-corrected chi connectivity index (χ3v) is 5.19. The molecule has 9 heteroatoms. The maximum absolute atomic E-state index is 11.9. The average molecular weight is 297 g/mol. The summed E-state index contributed by atoms with van der Waals surface area (Å²) in [7, 11) is -3.57. The number of hydrogen-bond donors (Lipinski definition) is 2. The number of hydrogen-bond acceptors (Lipinski definition) is 6. The van der Waals surface area contributed by atoms with Gasteiger partial charge in [0.1, 0.15) is 15.2 Å². The highest BCUT2D eigenvalue weighted by atomic mass is 32.2. The van der Waals surface area contributed by atoms with Gasteiger partial charge in [0, 0.05) is 12.7 Å². The fourth-order valence-corrected chi connectivity index (χ4v) is 3.56. The molecule has 100 valence electrons. The van der Waals surface area contributed by atoms with Crippen LogP contribution in [0.3, 0.4) is 0 Å². The molecule has 2 aromatic heterocycles. The first-order valence-electron chi connectivity index (χ1n) is 5.29. The number of nitriles is 1. The van der Waals surface area contributed by atoms with Gasteiger partial charge in [-0.25, -0.2) is 13.1 Å². The van der Waals surface area contributed by atoms with Crippen molar-refractivity contribution in [3.05, 3.63) is 29.4 Å². The lowest BCUT2D eigenvalue weighted by Crippen LogP contribution is -2.26. The molecule has 2 rings (SSSR count). The van der Waals surface area contributed by atoms with Crippen LogP contribution < -0.4 is 10.5 Å². The van der Waals surface area contributed by atoms with Crippen molar-refractivity contribution in [2.24, 2.45) is 0 Å². The van der Waals surface area contributed by atoms with Crippen molar-refractivity contribution >= 4 is 27.0 Å². The van der Waals surface area contributed by atoms with Crippen LogP contribution in [0.2, 0.25) is 0 Å². The van der Waals surface area contributed by atoms with Gasteiger partial charge in [-0.3, -0.25) is 4.68 Å². The Bertz CT molecular complexity index is 710. The van der Waals surface area contributed by atoms with E-state index in [1.54, 1.807) is 10.9 Å². The van der Waals surface area contributed by atoms with Crippen molar-refractivity contribution in [1.29, 1.82) is 5.26 Å². The molecule has 0 spiro atoms. The minimum absolute atomic E-state index is 0.129. The number of thiophene rings is 1. The van der Waals surface area contributed by atoms with Gasteiger partial charge in [0.2, 0.25) is 10.0 Å². The fraction of sp³-hybridized carbons (Fsp3) is 0.200. The van der Waals surface area contributed by atoms with Gasteiger partial charge >= 0.3 is 0 Å². The van der Waals surface area contributed by atoms with Crippen LogP contribution in [0.15, 0.2) is 28.7 Å². The molecule has 7 nitrogen and oxygen atoms in total. The fourth-order valence-electron chi connectivity index (χ4n) is 1.39. The first kappa shape index (κ1) is 13.5. The van der Waals surface area contributed by atoms with E-state index >= 15 is 0 Å². The maximum atomic E-state index is 11.9. The Kier molecular flexibility index (Phi) is 3.84. The number of nitrogens with one attached hydrogen (secondary N) is 1.